The summed E-state index contributed by atoms with van der Waals surface area (Å²) >= 11 is 0. The van der Waals surface area contributed by atoms with E-state index in [0.29, 0.717) is 25.3 Å². The topological polar surface area (TPSA) is 21.3 Å². The molecule has 2 nitrogen and oxygen atoms in total. The normalized spacial score (nSPS) is 10.5. The molecule has 3 aromatic rings. The lowest BCUT2D eigenvalue weighted by atomic mass is 10.2. The molecule has 0 aliphatic rings. The average molecular weight is 321 g/mol. The molecule has 0 heterocycles. The second-order valence-electron chi connectivity index (χ2n) is 5.62. The molecule has 0 fully saturated rings. The molecule has 122 valence electrons. The summed E-state index contributed by atoms with van der Waals surface area (Å²) in [5.41, 5.74) is 2.92. The zero-order valence-corrected chi connectivity index (χ0v) is 13.4. The molecular formula is C21H20FNO. The van der Waals surface area contributed by atoms with Crippen molar-refractivity contribution in [3.63, 3.8) is 0 Å². The lowest BCUT2D eigenvalue weighted by molar-refractivity contribution is 0.306. The van der Waals surface area contributed by atoms with Gasteiger partial charge in [0.05, 0.1) is 0 Å². The Labute approximate surface area is 141 Å². The zero-order valence-electron chi connectivity index (χ0n) is 13.4. The van der Waals surface area contributed by atoms with E-state index in [2.05, 4.69) is 5.32 Å². The third kappa shape index (κ3) is 4.67. The molecule has 3 rings (SSSR count). The van der Waals surface area contributed by atoms with Crippen LogP contribution < -0.4 is 10.1 Å². The van der Waals surface area contributed by atoms with Crippen molar-refractivity contribution in [3.8, 4) is 5.75 Å². The minimum absolute atomic E-state index is 0.176. The molecule has 0 saturated carbocycles. The molecule has 0 unspecified atom stereocenters. The van der Waals surface area contributed by atoms with Gasteiger partial charge in [-0.15, -0.1) is 0 Å². The fourth-order valence-electron chi connectivity index (χ4n) is 2.47. The van der Waals surface area contributed by atoms with E-state index >= 15 is 0 Å². The van der Waals surface area contributed by atoms with Gasteiger partial charge in [0.15, 0.2) is 0 Å². The first-order chi connectivity index (χ1) is 11.8. The van der Waals surface area contributed by atoms with Crippen molar-refractivity contribution in [3.05, 3.63) is 101 Å². The standard InChI is InChI=1S/C21H20FNO/c22-21-12-5-4-10-19(21)15-23-14-18-9-6-11-20(13-18)24-16-17-7-2-1-3-8-17/h1-13,23H,14-16H2. The Kier molecular flexibility index (Phi) is 5.59. The van der Waals surface area contributed by atoms with Crippen LogP contribution in [0.4, 0.5) is 4.39 Å². The van der Waals surface area contributed by atoms with Crippen LogP contribution in [0.1, 0.15) is 16.7 Å². The minimum atomic E-state index is -0.176. The first-order valence-electron chi connectivity index (χ1n) is 8.01. The quantitative estimate of drug-likeness (QED) is 0.681. The maximum atomic E-state index is 13.6. The Bertz CT molecular complexity index is 774. The molecule has 0 aromatic heterocycles. The van der Waals surface area contributed by atoms with E-state index in [4.69, 9.17) is 4.74 Å². The van der Waals surface area contributed by atoms with Crippen LogP contribution in [0.2, 0.25) is 0 Å². The van der Waals surface area contributed by atoms with Crippen molar-refractivity contribution < 1.29 is 9.13 Å². The number of benzene rings is 3. The molecule has 0 radical (unpaired) electrons. The van der Waals surface area contributed by atoms with Gasteiger partial charge in [0.25, 0.3) is 0 Å². The molecule has 0 atom stereocenters. The summed E-state index contributed by atoms with van der Waals surface area (Å²) in [6, 6.07) is 24.9. The molecule has 3 aromatic carbocycles. The molecule has 0 aliphatic heterocycles. The molecular weight excluding hydrogens is 301 g/mol. The second-order valence-corrected chi connectivity index (χ2v) is 5.62. The highest BCUT2D eigenvalue weighted by atomic mass is 19.1. The first kappa shape index (κ1) is 16.2. The SMILES string of the molecule is Fc1ccccc1CNCc1cccc(OCc2ccccc2)c1. The van der Waals surface area contributed by atoms with Gasteiger partial charge in [0.2, 0.25) is 0 Å². The van der Waals surface area contributed by atoms with Crippen LogP contribution >= 0.6 is 0 Å². The number of hydrogen-bond acceptors (Lipinski definition) is 2. The molecule has 0 amide bonds. The van der Waals surface area contributed by atoms with Crippen molar-refractivity contribution in [2.45, 2.75) is 19.7 Å². The fourth-order valence-corrected chi connectivity index (χ4v) is 2.47. The predicted octanol–water partition coefficient (Wildman–Crippen LogP) is 4.69. The van der Waals surface area contributed by atoms with Crippen molar-refractivity contribution >= 4 is 0 Å². The lowest BCUT2D eigenvalue weighted by Gasteiger charge is -2.09. The largest absolute Gasteiger partial charge is 0.489 e. The van der Waals surface area contributed by atoms with Crippen molar-refractivity contribution in [2.75, 3.05) is 0 Å². The highest BCUT2D eigenvalue weighted by Gasteiger charge is 2.01. The summed E-state index contributed by atoms with van der Waals surface area (Å²) in [6.07, 6.45) is 0. The number of nitrogens with one attached hydrogen (secondary N) is 1. The third-order valence-corrected chi connectivity index (χ3v) is 3.75. The number of hydrogen-bond donors (Lipinski definition) is 1. The van der Waals surface area contributed by atoms with E-state index in [0.717, 1.165) is 16.9 Å². The van der Waals surface area contributed by atoms with Gasteiger partial charge in [0.1, 0.15) is 18.2 Å². The fraction of sp³-hybridized carbons (Fsp3) is 0.143. The van der Waals surface area contributed by atoms with Gasteiger partial charge < -0.3 is 10.1 Å². The van der Waals surface area contributed by atoms with Crippen molar-refractivity contribution in [1.82, 2.24) is 5.32 Å². The van der Waals surface area contributed by atoms with Crippen molar-refractivity contribution in [2.24, 2.45) is 0 Å². The zero-order chi connectivity index (χ0) is 16.6. The third-order valence-electron chi connectivity index (χ3n) is 3.75. The number of halogens is 1. The minimum Gasteiger partial charge on any atom is -0.489 e. The summed E-state index contributed by atoms with van der Waals surface area (Å²) in [5.74, 6) is 0.661. The van der Waals surface area contributed by atoms with Crippen LogP contribution in [0.3, 0.4) is 0 Å². The Hall–Kier alpha value is -2.65. The summed E-state index contributed by atoms with van der Waals surface area (Å²) in [6.45, 7) is 1.71. The van der Waals surface area contributed by atoms with E-state index in [1.54, 1.807) is 12.1 Å². The molecule has 24 heavy (non-hydrogen) atoms. The molecule has 1 N–H and O–H groups in total. The Morgan fingerprint density at radius 1 is 0.750 bits per heavy atom. The molecule has 0 spiro atoms. The maximum absolute atomic E-state index is 13.6. The van der Waals surface area contributed by atoms with Crippen LogP contribution in [0.5, 0.6) is 5.75 Å². The van der Waals surface area contributed by atoms with Gasteiger partial charge >= 0.3 is 0 Å². The van der Waals surface area contributed by atoms with E-state index in [1.165, 1.54) is 6.07 Å². The molecule has 3 heteroatoms. The molecule has 0 bridgehead atoms. The highest BCUT2D eigenvalue weighted by molar-refractivity contribution is 5.29. The van der Waals surface area contributed by atoms with Gasteiger partial charge in [0, 0.05) is 18.7 Å². The van der Waals surface area contributed by atoms with E-state index in [1.807, 2.05) is 60.7 Å². The Morgan fingerprint density at radius 2 is 1.50 bits per heavy atom. The van der Waals surface area contributed by atoms with Crippen LogP contribution in [-0.2, 0) is 19.7 Å². The van der Waals surface area contributed by atoms with Crippen LogP contribution in [0, 0.1) is 5.82 Å². The summed E-state index contributed by atoms with van der Waals surface area (Å²) in [4.78, 5) is 0. The van der Waals surface area contributed by atoms with E-state index < -0.39 is 0 Å². The van der Waals surface area contributed by atoms with Crippen LogP contribution in [-0.4, -0.2) is 0 Å². The van der Waals surface area contributed by atoms with Gasteiger partial charge in [-0.3, -0.25) is 0 Å². The Morgan fingerprint density at radius 3 is 2.33 bits per heavy atom. The average Bonchev–Trinajstić information content (AvgIpc) is 2.63. The lowest BCUT2D eigenvalue weighted by Crippen LogP contribution is -2.13. The van der Waals surface area contributed by atoms with Crippen LogP contribution in [0.15, 0.2) is 78.9 Å². The Balaban J connectivity index is 1.52. The molecule has 0 aliphatic carbocycles. The van der Waals surface area contributed by atoms with Crippen molar-refractivity contribution in [1.29, 1.82) is 0 Å². The number of ether oxygens (including phenoxy) is 1. The van der Waals surface area contributed by atoms with Gasteiger partial charge in [-0.05, 0) is 29.3 Å². The van der Waals surface area contributed by atoms with Gasteiger partial charge in [-0.25, -0.2) is 4.39 Å². The predicted molar refractivity (Wildman–Crippen MR) is 94.2 cm³/mol. The highest BCUT2D eigenvalue weighted by Crippen LogP contribution is 2.15. The molecule has 0 saturated heterocycles. The van der Waals surface area contributed by atoms with E-state index in [9.17, 15) is 4.39 Å². The summed E-state index contributed by atoms with van der Waals surface area (Å²) in [7, 11) is 0. The monoisotopic (exact) mass is 321 g/mol. The number of rotatable bonds is 7. The summed E-state index contributed by atoms with van der Waals surface area (Å²) < 4.78 is 19.4. The van der Waals surface area contributed by atoms with E-state index in [-0.39, 0.29) is 5.82 Å². The second kappa shape index (κ2) is 8.27. The van der Waals surface area contributed by atoms with Gasteiger partial charge in [-0.1, -0.05) is 60.7 Å². The van der Waals surface area contributed by atoms with Crippen LogP contribution in [0.25, 0.3) is 0 Å². The smallest absolute Gasteiger partial charge is 0.127 e. The first-order valence-corrected chi connectivity index (χ1v) is 8.01. The summed E-state index contributed by atoms with van der Waals surface area (Å²) in [5, 5.41) is 3.26. The van der Waals surface area contributed by atoms with Gasteiger partial charge in [-0.2, -0.15) is 0 Å². The maximum Gasteiger partial charge on any atom is 0.127 e.